The molecule has 0 aliphatic rings. The number of ether oxygens (including phenoxy) is 1. The minimum atomic E-state index is -0.629. The highest BCUT2D eigenvalue weighted by Crippen LogP contribution is 2.25. The van der Waals surface area contributed by atoms with Crippen LogP contribution in [-0.2, 0) is 0 Å². The lowest BCUT2D eigenvalue weighted by Crippen LogP contribution is -2.32. The standard InChI is InChI=1S/C15H26N2O2/c1-5-19-12-6-7-13(11(2)10-12)15(18)14(16)8-9-17(3)4/h6-7,10,14-15,18H,5,8-9,16H2,1-4H3. The van der Waals surface area contributed by atoms with Crippen LogP contribution in [0.25, 0.3) is 0 Å². The zero-order chi connectivity index (χ0) is 14.4. The molecule has 0 spiro atoms. The van der Waals surface area contributed by atoms with E-state index in [-0.39, 0.29) is 6.04 Å². The molecule has 0 saturated heterocycles. The molecule has 0 aliphatic carbocycles. The van der Waals surface area contributed by atoms with E-state index in [0.717, 1.165) is 29.8 Å². The topological polar surface area (TPSA) is 58.7 Å². The molecule has 0 aliphatic heterocycles. The third-order valence-corrected chi connectivity index (χ3v) is 3.19. The lowest BCUT2D eigenvalue weighted by atomic mass is 9.96. The van der Waals surface area contributed by atoms with Gasteiger partial charge in [-0.1, -0.05) is 6.07 Å². The summed E-state index contributed by atoms with van der Waals surface area (Å²) in [5, 5.41) is 10.3. The fraction of sp³-hybridized carbons (Fsp3) is 0.600. The van der Waals surface area contributed by atoms with E-state index in [9.17, 15) is 5.11 Å². The second-order valence-electron chi connectivity index (χ2n) is 5.15. The highest BCUT2D eigenvalue weighted by molar-refractivity contribution is 5.36. The second kappa shape index (κ2) is 7.48. The Bertz CT molecular complexity index is 394. The highest BCUT2D eigenvalue weighted by Gasteiger charge is 2.19. The average molecular weight is 266 g/mol. The minimum Gasteiger partial charge on any atom is -0.494 e. The Balaban J connectivity index is 2.73. The van der Waals surface area contributed by atoms with Crippen molar-refractivity contribution in [3.63, 3.8) is 0 Å². The molecule has 0 fully saturated rings. The van der Waals surface area contributed by atoms with Crippen molar-refractivity contribution in [2.45, 2.75) is 32.4 Å². The molecule has 0 heterocycles. The number of nitrogens with zero attached hydrogens (tertiary/aromatic N) is 1. The van der Waals surface area contributed by atoms with E-state index in [1.165, 1.54) is 0 Å². The van der Waals surface area contributed by atoms with Gasteiger partial charge in [0.2, 0.25) is 0 Å². The van der Waals surface area contributed by atoms with Crippen molar-refractivity contribution in [2.75, 3.05) is 27.2 Å². The maximum atomic E-state index is 10.3. The average Bonchev–Trinajstić information content (AvgIpc) is 2.35. The molecule has 0 amide bonds. The van der Waals surface area contributed by atoms with Crippen LogP contribution in [0.1, 0.15) is 30.6 Å². The molecule has 4 nitrogen and oxygen atoms in total. The van der Waals surface area contributed by atoms with Gasteiger partial charge >= 0.3 is 0 Å². The predicted molar refractivity (Wildman–Crippen MR) is 78.5 cm³/mol. The van der Waals surface area contributed by atoms with Gasteiger partial charge in [0.05, 0.1) is 12.7 Å². The van der Waals surface area contributed by atoms with Gasteiger partial charge < -0.3 is 20.5 Å². The van der Waals surface area contributed by atoms with E-state index in [0.29, 0.717) is 6.61 Å². The van der Waals surface area contributed by atoms with Gasteiger partial charge in [0.1, 0.15) is 5.75 Å². The summed E-state index contributed by atoms with van der Waals surface area (Å²) in [6, 6.07) is 5.48. The lowest BCUT2D eigenvalue weighted by molar-refractivity contribution is 0.137. The fourth-order valence-corrected chi connectivity index (χ4v) is 2.03. The summed E-state index contributed by atoms with van der Waals surface area (Å²) >= 11 is 0. The van der Waals surface area contributed by atoms with E-state index in [2.05, 4.69) is 4.90 Å². The number of hydrogen-bond acceptors (Lipinski definition) is 4. The Morgan fingerprint density at radius 1 is 1.37 bits per heavy atom. The molecule has 108 valence electrons. The summed E-state index contributed by atoms with van der Waals surface area (Å²) in [5.41, 5.74) is 7.95. The molecule has 0 saturated carbocycles. The van der Waals surface area contributed by atoms with Gasteiger partial charge in [-0.15, -0.1) is 0 Å². The zero-order valence-electron chi connectivity index (χ0n) is 12.4. The van der Waals surface area contributed by atoms with E-state index in [1.54, 1.807) is 0 Å². The van der Waals surface area contributed by atoms with Crippen molar-refractivity contribution >= 4 is 0 Å². The van der Waals surface area contributed by atoms with Crippen molar-refractivity contribution in [1.29, 1.82) is 0 Å². The van der Waals surface area contributed by atoms with Crippen molar-refractivity contribution < 1.29 is 9.84 Å². The quantitative estimate of drug-likeness (QED) is 0.789. The third-order valence-electron chi connectivity index (χ3n) is 3.19. The second-order valence-corrected chi connectivity index (χ2v) is 5.15. The van der Waals surface area contributed by atoms with Crippen molar-refractivity contribution in [3.8, 4) is 5.75 Å². The van der Waals surface area contributed by atoms with E-state index < -0.39 is 6.10 Å². The third kappa shape index (κ3) is 4.82. The highest BCUT2D eigenvalue weighted by atomic mass is 16.5. The van der Waals surface area contributed by atoms with Crippen molar-refractivity contribution in [3.05, 3.63) is 29.3 Å². The van der Waals surface area contributed by atoms with E-state index in [1.807, 2.05) is 46.1 Å². The van der Waals surface area contributed by atoms with Crippen LogP contribution < -0.4 is 10.5 Å². The van der Waals surface area contributed by atoms with Crippen LogP contribution in [-0.4, -0.2) is 43.3 Å². The van der Waals surface area contributed by atoms with Crippen LogP contribution in [0.4, 0.5) is 0 Å². The summed E-state index contributed by atoms with van der Waals surface area (Å²) in [6.07, 6.45) is 0.136. The molecule has 2 atom stereocenters. The van der Waals surface area contributed by atoms with Gasteiger partial charge in [0.25, 0.3) is 0 Å². The van der Waals surface area contributed by atoms with Gasteiger partial charge in [0.15, 0.2) is 0 Å². The number of aryl methyl sites for hydroxylation is 1. The summed E-state index contributed by atoms with van der Waals surface area (Å²) in [5.74, 6) is 0.831. The number of nitrogens with two attached hydrogens (primary N) is 1. The van der Waals surface area contributed by atoms with Gasteiger partial charge in [0, 0.05) is 6.04 Å². The molecule has 0 aromatic heterocycles. The van der Waals surface area contributed by atoms with Gasteiger partial charge in [-0.25, -0.2) is 0 Å². The van der Waals surface area contributed by atoms with Crippen LogP contribution in [0.3, 0.4) is 0 Å². The molecule has 19 heavy (non-hydrogen) atoms. The van der Waals surface area contributed by atoms with Gasteiger partial charge in [-0.2, -0.15) is 0 Å². The maximum Gasteiger partial charge on any atom is 0.119 e. The summed E-state index contributed by atoms with van der Waals surface area (Å²) in [6.45, 7) is 5.44. The number of rotatable bonds is 7. The van der Waals surface area contributed by atoms with Crippen molar-refractivity contribution in [2.24, 2.45) is 5.73 Å². The lowest BCUT2D eigenvalue weighted by Gasteiger charge is -2.22. The number of hydrogen-bond donors (Lipinski definition) is 2. The Morgan fingerprint density at radius 3 is 2.58 bits per heavy atom. The van der Waals surface area contributed by atoms with E-state index >= 15 is 0 Å². The number of aliphatic hydroxyl groups excluding tert-OH is 1. The fourth-order valence-electron chi connectivity index (χ4n) is 2.03. The molecule has 0 bridgehead atoms. The maximum absolute atomic E-state index is 10.3. The Hall–Kier alpha value is -1.10. The first-order valence-corrected chi connectivity index (χ1v) is 6.77. The predicted octanol–water partition coefficient (Wildman–Crippen LogP) is 1.71. The molecule has 0 radical (unpaired) electrons. The van der Waals surface area contributed by atoms with Gasteiger partial charge in [-0.05, 0) is 64.2 Å². The molecule has 3 N–H and O–H groups in total. The van der Waals surface area contributed by atoms with Crippen LogP contribution in [0, 0.1) is 6.92 Å². The molecule has 1 rings (SSSR count). The molecular weight excluding hydrogens is 240 g/mol. The number of benzene rings is 1. The zero-order valence-corrected chi connectivity index (χ0v) is 12.4. The SMILES string of the molecule is CCOc1ccc(C(O)C(N)CCN(C)C)c(C)c1. The molecule has 1 aromatic carbocycles. The monoisotopic (exact) mass is 266 g/mol. The normalized spacial score (nSPS) is 14.5. The van der Waals surface area contributed by atoms with Gasteiger partial charge in [-0.3, -0.25) is 0 Å². The Kier molecular flexibility index (Phi) is 6.28. The summed E-state index contributed by atoms with van der Waals surface area (Å²) in [7, 11) is 4.00. The van der Waals surface area contributed by atoms with E-state index in [4.69, 9.17) is 10.5 Å². The minimum absolute atomic E-state index is 0.251. The Labute approximate surface area is 116 Å². The van der Waals surface area contributed by atoms with Crippen LogP contribution in [0.2, 0.25) is 0 Å². The first-order chi connectivity index (χ1) is 8.95. The smallest absolute Gasteiger partial charge is 0.119 e. The van der Waals surface area contributed by atoms with Crippen molar-refractivity contribution in [1.82, 2.24) is 4.90 Å². The number of aliphatic hydroxyl groups is 1. The summed E-state index contributed by atoms with van der Waals surface area (Å²) < 4.78 is 5.44. The first-order valence-electron chi connectivity index (χ1n) is 6.77. The van der Waals surface area contributed by atoms with Crippen LogP contribution in [0.15, 0.2) is 18.2 Å². The Morgan fingerprint density at radius 2 is 2.05 bits per heavy atom. The largest absolute Gasteiger partial charge is 0.494 e. The molecular formula is C15H26N2O2. The molecule has 1 aromatic rings. The first kappa shape index (κ1) is 16.0. The summed E-state index contributed by atoms with van der Waals surface area (Å²) in [4.78, 5) is 2.07. The molecule has 4 heteroatoms. The molecule has 2 unspecified atom stereocenters. The van der Waals surface area contributed by atoms with Crippen LogP contribution >= 0.6 is 0 Å². The van der Waals surface area contributed by atoms with Crippen LogP contribution in [0.5, 0.6) is 5.75 Å².